The molecule has 17 amide bonds. The minimum atomic E-state index is -1.46. The molecule has 3 aromatic rings. The zero-order chi connectivity index (χ0) is 105. The highest BCUT2D eigenvalue weighted by Crippen LogP contribution is 2.27. The van der Waals surface area contributed by atoms with Crippen LogP contribution >= 0.6 is 0 Å². The van der Waals surface area contributed by atoms with Crippen LogP contribution in [0.4, 0.5) is 9.59 Å². The second-order valence-corrected chi connectivity index (χ2v) is 40.6. The Morgan fingerprint density at radius 2 is 0.836 bits per heavy atom. The summed E-state index contributed by atoms with van der Waals surface area (Å²) in [5.74, 6) is -11.5. The number of rotatable bonds is 52. The second-order valence-electron chi connectivity index (χ2n) is 40.6. The quantitative estimate of drug-likeness (QED) is 0.0278. The second kappa shape index (κ2) is 56.1. The maximum absolute atomic E-state index is 15.2. The largest absolute Gasteiger partial charge is 0.488 e. The smallest absolute Gasteiger partial charge is 0.407 e. The van der Waals surface area contributed by atoms with Crippen molar-refractivity contribution in [1.29, 1.82) is 0 Å². The van der Waals surface area contributed by atoms with Crippen molar-refractivity contribution < 1.29 is 105 Å². The molecule has 0 aromatic heterocycles. The van der Waals surface area contributed by atoms with E-state index < -0.39 is 233 Å². The van der Waals surface area contributed by atoms with Gasteiger partial charge in [0, 0.05) is 52.0 Å². The van der Waals surface area contributed by atoms with Gasteiger partial charge in [-0.3, -0.25) is 71.9 Å². The van der Waals surface area contributed by atoms with Crippen molar-refractivity contribution in [1.82, 2.24) is 89.6 Å². The summed E-state index contributed by atoms with van der Waals surface area (Å²) in [5, 5.41) is 40.5. The third-order valence-electron chi connectivity index (χ3n) is 22.2. The number of carbonyl (C=O) groups is 17. The standard InChI is InChI=1S/C100H156N18O22/c1-24-51-136-95(134)103-48-32-47-102-85(124)72(54-66-38-42-68(43-39-66)138-98(15,16)17)113-91(130)76-37-31-50-118(76)94(133)81(64(11)137-97(12,13)14)116-84(123)63(10)107-82(121)61(8)106-78(120)57-105-90(129)75-36-30-49-117(75)93(132)80(60(6)7)115-92(131)79(59(4)5)114-89(128)74(53-65-33-26-25-27-34-65)112-86(125)70(35-28-29-46-104-96(135)140-100(21,22)23)110-88(127)73(55-67-40-44-69(45-41-67)139-99(18,19)20)111-83(122)62(9)108-87(126)71(52-58(2)3)109-77(119)56-101/h24-27,33-34,38-45,58-64,70-76,79-81H,1,28-32,35-37,46-57,101H2,2-23H3,(H,102,124)(H,103,134)(H,104,135)(H,105,129)(H,106,120)(H,107,121)(H,108,126)(H,109,119)(H,110,127)(H,111,122)(H,112,125)(H,113,130)(H,114,128)(H,115,131)(H,116,123)/t61-,62-,63-,64+,70-,71-,72-,73-,74-,75-,76-,79-,80-,81-/m0/s1. The maximum Gasteiger partial charge on any atom is 0.407 e. The van der Waals surface area contributed by atoms with Gasteiger partial charge in [-0.05, 0) is 227 Å². The molecular formula is C100H156N18O22. The number of ether oxygens (including phenoxy) is 5. The fourth-order valence-electron chi connectivity index (χ4n) is 15.4. The number of alkyl carbamates (subject to hydrolysis) is 2. The number of nitrogens with one attached hydrogen (secondary N) is 15. The van der Waals surface area contributed by atoms with E-state index in [0.717, 1.165) is 0 Å². The van der Waals surface area contributed by atoms with Crippen LogP contribution in [0.25, 0.3) is 0 Å². The maximum atomic E-state index is 15.2. The van der Waals surface area contributed by atoms with Gasteiger partial charge in [-0.2, -0.15) is 0 Å². The Morgan fingerprint density at radius 1 is 0.407 bits per heavy atom. The summed E-state index contributed by atoms with van der Waals surface area (Å²) >= 11 is 0. The highest BCUT2D eigenvalue weighted by molar-refractivity contribution is 6.01. The molecule has 0 aliphatic carbocycles. The van der Waals surface area contributed by atoms with Crippen molar-refractivity contribution in [3.8, 4) is 11.5 Å². The molecule has 0 saturated carbocycles. The summed E-state index contributed by atoms with van der Waals surface area (Å²) in [6.45, 7) is 40.7. The molecule has 2 saturated heterocycles. The van der Waals surface area contributed by atoms with Crippen molar-refractivity contribution in [2.24, 2.45) is 23.5 Å². The van der Waals surface area contributed by atoms with Crippen molar-refractivity contribution in [3.63, 3.8) is 0 Å². The Balaban J connectivity index is 1.29. The van der Waals surface area contributed by atoms with Gasteiger partial charge in [0.1, 0.15) is 113 Å². The number of carbonyl (C=O) groups excluding carboxylic acids is 17. The number of hydrogen-bond acceptors (Lipinski definition) is 23. The van der Waals surface area contributed by atoms with Crippen LogP contribution in [-0.2, 0) is 105 Å². The lowest BCUT2D eigenvalue weighted by molar-refractivity contribution is -0.149. The van der Waals surface area contributed by atoms with E-state index in [4.69, 9.17) is 29.4 Å². The first kappa shape index (κ1) is 118. The molecule has 3 aromatic carbocycles. The molecule has 40 nitrogen and oxygen atoms in total. The average Bonchev–Trinajstić information content (AvgIpc) is 1.66. The van der Waals surface area contributed by atoms with E-state index in [1.54, 1.807) is 155 Å². The van der Waals surface area contributed by atoms with E-state index in [9.17, 15) is 67.1 Å². The number of nitrogens with two attached hydrogens (primary N) is 1. The Hall–Kier alpha value is -12.5. The van der Waals surface area contributed by atoms with E-state index in [-0.39, 0.29) is 103 Å². The van der Waals surface area contributed by atoms with Gasteiger partial charge >= 0.3 is 12.2 Å². The summed E-state index contributed by atoms with van der Waals surface area (Å²) in [6.07, 6.45) is 0.708. The molecule has 2 aliphatic rings. The lowest BCUT2D eigenvalue weighted by Gasteiger charge is -2.35. The Morgan fingerprint density at radius 3 is 1.34 bits per heavy atom. The summed E-state index contributed by atoms with van der Waals surface area (Å²) in [7, 11) is 0. The molecular weight excluding hydrogens is 1810 g/mol. The Labute approximate surface area is 823 Å². The fourth-order valence-corrected chi connectivity index (χ4v) is 15.4. The van der Waals surface area contributed by atoms with Gasteiger partial charge < -0.3 is 119 Å². The third-order valence-corrected chi connectivity index (χ3v) is 22.2. The molecule has 140 heavy (non-hydrogen) atoms. The first-order valence-corrected chi connectivity index (χ1v) is 48.4. The summed E-state index contributed by atoms with van der Waals surface area (Å²) < 4.78 is 28.6. The summed E-state index contributed by atoms with van der Waals surface area (Å²) in [6, 6.07) is 5.60. The predicted octanol–water partition coefficient (Wildman–Crippen LogP) is 4.19. The summed E-state index contributed by atoms with van der Waals surface area (Å²) in [4.78, 5) is 242. The lowest BCUT2D eigenvalue weighted by atomic mass is 9.98. The van der Waals surface area contributed by atoms with Crippen LogP contribution in [-0.4, -0.2) is 270 Å². The van der Waals surface area contributed by atoms with Crippen molar-refractivity contribution >= 4 is 101 Å². The van der Waals surface area contributed by atoms with Crippen LogP contribution in [0.5, 0.6) is 11.5 Å². The van der Waals surface area contributed by atoms with E-state index in [1.165, 1.54) is 36.6 Å². The fraction of sp³-hybridized carbons (Fsp3) is 0.630. The molecule has 2 heterocycles. The van der Waals surface area contributed by atoms with Crippen molar-refractivity contribution in [2.45, 2.75) is 336 Å². The van der Waals surface area contributed by atoms with Gasteiger partial charge in [0.25, 0.3) is 0 Å². The minimum absolute atomic E-state index is 0.0141. The molecule has 17 N–H and O–H groups in total. The van der Waals surface area contributed by atoms with Gasteiger partial charge in [-0.1, -0.05) is 109 Å². The number of amides is 17. The summed E-state index contributed by atoms with van der Waals surface area (Å²) in [5.41, 5.74) is 4.64. The molecule has 2 fully saturated rings. The topological polar surface area (TPSA) is 549 Å². The van der Waals surface area contributed by atoms with Crippen LogP contribution in [0, 0.1) is 17.8 Å². The highest BCUT2D eigenvalue weighted by Gasteiger charge is 2.45. The molecule has 778 valence electrons. The monoisotopic (exact) mass is 1960 g/mol. The van der Waals surface area contributed by atoms with Gasteiger partial charge in [0.2, 0.25) is 88.6 Å². The molecule has 0 unspecified atom stereocenters. The number of hydrogen-bond donors (Lipinski definition) is 16. The Bertz CT molecular complexity index is 4660. The van der Waals surface area contributed by atoms with Crippen molar-refractivity contribution in [3.05, 3.63) is 108 Å². The van der Waals surface area contributed by atoms with Crippen LogP contribution in [0.1, 0.15) is 227 Å². The first-order chi connectivity index (χ1) is 65.4. The highest BCUT2D eigenvalue weighted by atomic mass is 16.6. The zero-order valence-corrected chi connectivity index (χ0v) is 85.7. The molecule has 40 heteroatoms. The molecule has 5 rings (SSSR count). The average molecular weight is 1960 g/mol. The van der Waals surface area contributed by atoms with Crippen LogP contribution in [0.2, 0.25) is 0 Å². The number of benzene rings is 3. The minimum Gasteiger partial charge on any atom is -0.488 e. The van der Waals surface area contributed by atoms with Gasteiger partial charge in [0.05, 0.1) is 24.8 Å². The van der Waals surface area contributed by atoms with Gasteiger partial charge in [-0.25, -0.2) is 9.59 Å². The SMILES string of the molecule is C=CCOC(=O)NCCCNC(=O)[C@H](Cc1ccc(OC(C)(C)C)cc1)NC(=O)[C@@H]1CCCN1C(=O)[C@@H](NC(=O)[C@H](C)NC(=O)[C@H](C)NC(=O)CNC(=O)[C@@H]1CCCN1C(=O)[C@@H](NC(=O)[C@@H](NC(=O)[C@H](Cc1ccccc1)NC(=O)[C@H](CCCCNC(=O)OC(C)(C)C)NC(=O)[C@H](Cc1ccc(OC(C)(C)C)cc1)NC(=O)[C@H](C)NC(=O)[C@H](CC(C)C)NC(=O)CN)C(C)C)C(C)C)[C@@H](C)OC(C)(C)C. The predicted molar refractivity (Wildman–Crippen MR) is 526 cm³/mol. The van der Waals surface area contributed by atoms with E-state index in [0.29, 0.717) is 47.5 Å². The number of nitrogens with zero attached hydrogens (tertiary/aromatic N) is 2. The molecule has 2 aliphatic heterocycles. The van der Waals surface area contributed by atoms with E-state index in [2.05, 4.69) is 86.3 Å². The molecule has 0 radical (unpaired) electrons. The normalized spacial score (nSPS) is 16.4. The zero-order valence-electron chi connectivity index (χ0n) is 85.7. The molecule has 0 bridgehead atoms. The van der Waals surface area contributed by atoms with E-state index >= 15 is 14.4 Å². The van der Waals surface area contributed by atoms with E-state index in [1.807, 2.05) is 55.4 Å². The molecule has 0 spiro atoms. The van der Waals surface area contributed by atoms with Gasteiger partial charge in [-0.15, -0.1) is 0 Å². The van der Waals surface area contributed by atoms with Crippen molar-refractivity contribution in [2.75, 3.05) is 52.4 Å². The first-order valence-electron chi connectivity index (χ1n) is 48.4. The Kier molecular flexibility index (Phi) is 47.3. The lowest BCUT2D eigenvalue weighted by Crippen LogP contribution is -2.62. The molecule has 14 atom stereocenters. The number of unbranched alkanes of at least 4 members (excludes halogenated alkanes) is 1. The van der Waals surface area contributed by atoms with Crippen LogP contribution < -0.4 is 95.0 Å². The van der Waals surface area contributed by atoms with Crippen LogP contribution in [0.15, 0.2) is 91.5 Å². The van der Waals surface area contributed by atoms with Gasteiger partial charge in [0.15, 0.2) is 0 Å². The number of likely N-dealkylation sites (tertiary alicyclic amines) is 2. The van der Waals surface area contributed by atoms with Crippen LogP contribution in [0.3, 0.4) is 0 Å². The third kappa shape index (κ3) is 42.3.